The smallest absolute Gasteiger partial charge is 0.407 e. The third-order valence-corrected chi connectivity index (χ3v) is 12.8. The Hall–Kier alpha value is -3.47. The van der Waals surface area contributed by atoms with Crippen LogP contribution < -0.4 is 5.32 Å². The number of ether oxygens (including phenoxy) is 2. The minimum absolute atomic E-state index is 0.101. The molecule has 0 saturated heterocycles. The van der Waals surface area contributed by atoms with Gasteiger partial charge in [-0.2, -0.15) is 4.31 Å². The molecule has 5 rings (SSSR count). The Morgan fingerprint density at radius 1 is 0.977 bits per heavy atom. The van der Waals surface area contributed by atoms with Gasteiger partial charge in [0.25, 0.3) is 0 Å². The number of carbonyl (C=O) groups is 2. The standard InChI is InChI=1S/C34H42N2O6SSi/c1-22-17-24(23(2)30-20-36(19-29(22)30)43(39,40)15-16-44(4,5)6)18-32(33(37)41-3)35-34(38)42-21-31-27-13-9-7-11-25(27)26-12-8-10-14-28(26)31/h7-14,17,31-32H,15-16,18-21H2,1-6H3,(H,35,38). The Balaban J connectivity index is 1.29. The molecule has 1 N–H and O–H groups in total. The van der Waals surface area contributed by atoms with Crippen molar-refractivity contribution in [2.45, 2.75) is 71.0 Å². The molecule has 1 amide bonds. The van der Waals surface area contributed by atoms with E-state index >= 15 is 0 Å². The van der Waals surface area contributed by atoms with E-state index in [-0.39, 0.29) is 24.7 Å². The van der Waals surface area contributed by atoms with Gasteiger partial charge in [-0.25, -0.2) is 18.0 Å². The zero-order valence-electron chi connectivity index (χ0n) is 26.4. The predicted octanol–water partition coefficient (Wildman–Crippen LogP) is 5.91. The van der Waals surface area contributed by atoms with Crippen molar-refractivity contribution in [1.82, 2.24) is 9.62 Å². The Morgan fingerprint density at radius 2 is 1.57 bits per heavy atom. The first-order valence-corrected chi connectivity index (χ1v) is 20.4. The molecule has 1 aliphatic heterocycles. The van der Waals surface area contributed by atoms with Gasteiger partial charge in [0.2, 0.25) is 10.0 Å². The predicted molar refractivity (Wildman–Crippen MR) is 175 cm³/mol. The van der Waals surface area contributed by atoms with Gasteiger partial charge < -0.3 is 14.8 Å². The van der Waals surface area contributed by atoms with E-state index in [1.807, 2.05) is 44.2 Å². The maximum absolute atomic E-state index is 13.2. The topological polar surface area (TPSA) is 102 Å². The Bertz CT molecular complexity index is 1650. The SMILES string of the molecule is COC(=O)C(Cc1cc(C)c2c(c1C)CN(S(=O)(=O)CC[Si](C)(C)C)C2)NC(=O)OCC1c2ccccc2-c2ccccc21. The van der Waals surface area contributed by atoms with Crippen LogP contribution in [0.25, 0.3) is 11.1 Å². The monoisotopic (exact) mass is 634 g/mol. The highest BCUT2D eigenvalue weighted by Crippen LogP contribution is 2.44. The first-order chi connectivity index (χ1) is 20.8. The third kappa shape index (κ3) is 6.62. The summed E-state index contributed by atoms with van der Waals surface area (Å²) in [5, 5.41) is 2.73. The van der Waals surface area contributed by atoms with Gasteiger partial charge in [0, 0.05) is 33.5 Å². The van der Waals surface area contributed by atoms with Crippen LogP contribution in [0.1, 0.15) is 44.9 Å². The zero-order chi connectivity index (χ0) is 31.8. The summed E-state index contributed by atoms with van der Waals surface area (Å²) in [6.45, 7) is 11.2. The summed E-state index contributed by atoms with van der Waals surface area (Å²) in [5.41, 5.74) is 9.22. The molecule has 0 saturated carbocycles. The second-order valence-electron chi connectivity index (χ2n) is 13.1. The van der Waals surface area contributed by atoms with Crippen LogP contribution in [0.3, 0.4) is 0 Å². The first-order valence-electron chi connectivity index (χ1n) is 15.1. The molecule has 44 heavy (non-hydrogen) atoms. The maximum atomic E-state index is 13.2. The summed E-state index contributed by atoms with van der Waals surface area (Å²) in [6, 6.07) is 17.9. The number of sulfonamides is 1. The number of rotatable bonds is 10. The van der Waals surface area contributed by atoms with E-state index < -0.39 is 36.2 Å². The molecular formula is C34H42N2O6SSi. The van der Waals surface area contributed by atoms with Crippen LogP contribution in [0.2, 0.25) is 25.7 Å². The van der Waals surface area contributed by atoms with Crippen molar-refractivity contribution in [3.63, 3.8) is 0 Å². The van der Waals surface area contributed by atoms with Crippen LogP contribution in [0.4, 0.5) is 4.79 Å². The lowest BCUT2D eigenvalue weighted by Crippen LogP contribution is -2.43. The van der Waals surface area contributed by atoms with Crippen molar-refractivity contribution >= 4 is 30.2 Å². The molecule has 234 valence electrons. The second-order valence-corrected chi connectivity index (χ2v) is 20.8. The lowest BCUT2D eigenvalue weighted by Gasteiger charge is -2.21. The van der Waals surface area contributed by atoms with Gasteiger partial charge in [0.15, 0.2) is 0 Å². The summed E-state index contributed by atoms with van der Waals surface area (Å²) >= 11 is 0. The van der Waals surface area contributed by atoms with Gasteiger partial charge in [0.05, 0.1) is 12.9 Å². The van der Waals surface area contributed by atoms with Crippen LogP contribution >= 0.6 is 0 Å². The van der Waals surface area contributed by atoms with E-state index in [1.165, 1.54) is 7.11 Å². The van der Waals surface area contributed by atoms with Crippen molar-refractivity contribution in [3.8, 4) is 11.1 Å². The first kappa shape index (κ1) is 31.9. The number of fused-ring (bicyclic) bond motifs is 4. The molecule has 0 aromatic heterocycles. The quantitative estimate of drug-likeness (QED) is 0.220. The van der Waals surface area contributed by atoms with Crippen molar-refractivity contribution in [3.05, 3.63) is 93.5 Å². The zero-order valence-corrected chi connectivity index (χ0v) is 28.2. The van der Waals surface area contributed by atoms with Crippen LogP contribution in [-0.4, -0.2) is 58.4 Å². The van der Waals surface area contributed by atoms with E-state index in [1.54, 1.807) is 4.31 Å². The number of methoxy groups -OCH3 is 1. The molecule has 0 spiro atoms. The molecule has 0 fully saturated rings. The summed E-state index contributed by atoms with van der Waals surface area (Å²) in [4.78, 5) is 25.9. The summed E-state index contributed by atoms with van der Waals surface area (Å²) in [7, 11) is -3.62. The van der Waals surface area contributed by atoms with Crippen LogP contribution in [0, 0.1) is 13.8 Å². The van der Waals surface area contributed by atoms with E-state index in [2.05, 4.69) is 49.2 Å². The molecule has 0 bridgehead atoms. The molecule has 3 aromatic rings. The summed E-state index contributed by atoms with van der Waals surface area (Å²) < 4.78 is 38.7. The van der Waals surface area contributed by atoms with Gasteiger partial charge in [-0.15, -0.1) is 0 Å². The largest absolute Gasteiger partial charge is 0.467 e. The minimum Gasteiger partial charge on any atom is -0.467 e. The fourth-order valence-corrected chi connectivity index (χ4v) is 10.7. The number of nitrogens with zero attached hydrogens (tertiary/aromatic N) is 1. The molecular weight excluding hydrogens is 593 g/mol. The van der Waals surface area contributed by atoms with Gasteiger partial charge in [-0.1, -0.05) is 74.2 Å². The molecule has 10 heteroatoms. The normalized spacial score (nSPS) is 15.3. The maximum Gasteiger partial charge on any atom is 0.407 e. The average molecular weight is 635 g/mol. The van der Waals surface area contributed by atoms with E-state index in [9.17, 15) is 18.0 Å². The molecule has 1 aliphatic carbocycles. The Kier molecular flexibility index (Phi) is 9.07. The fourth-order valence-electron chi connectivity index (χ4n) is 6.27. The fraction of sp³-hybridized carbons (Fsp3) is 0.412. The number of aryl methyl sites for hydroxylation is 1. The molecule has 3 aromatic carbocycles. The number of benzene rings is 3. The van der Waals surface area contributed by atoms with Crippen molar-refractivity contribution in [2.75, 3.05) is 19.5 Å². The van der Waals surface area contributed by atoms with E-state index in [0.29, 0.717) is 19.1 Å². The molecule has 8 nitrogen and oxygen atoms in total. The number of hydrogen-bond acceptors (Lipinski definition) is 6. The average Bonchev–Trinajstić information content (AvgIpc) is 3.58. The second kappa shape index (κ2) is 12.5. The number of nitrogens with one attached hydrogen (secondary N) is 1. The number of hydrogen-bond donors (Lipinski definition) is 1. The number of alkyl carbamates (subject to hydrolysis) is 1. The Labute approximate surface area is 261 Å². The lowest BCUT2D eigenvalue weighted by atomic mass is 9.91. The van der Waals surface area contributed by atoms with Crippen LogP contribution in [0.5, 0.6) is 0 Å². The number of carbonyl (C=O) groups excluding carboxylic acids is 2. The molecule has 1 unspecified atom stereocenters. The van der Waals surface area contributed by atoms with Gasteiger partial charge >= 0.3 is 12.1 Å². The highest BCUT2D eigenvalue weighted by molar-refractivity contribution is 7.89. The highest BCUT2D eigenvalue weighted by Gasteiger charge is 2.34. The van der Waals surface area contributed by atoms with E-state index in [4.69, 9.17) is 9.47 Å². The number of amides is 1. The van der Waals surface area contributed by atoms with Crippen LogP contribution in [-0.2, 0) is 43.8 Å². The van der Waals surface area contributed by atoms with E-state index in [0.717, 1.165) is 50.1 Å². The van der Waals surface area contributed by atoms with Gasteiger partial charge in [-0.05, 0) is 70.0 Å². The minimum atomic E-state index is -3.39. The molecule has 1 heterocycles. The molecule has 1 atom stereocenters. The molecule has 0 radical (unpaired) electrons. The lowest BCUT2D eigenvalue weighted by molar-refractivity contribution is -0.143. The van der Waals surface area contributed by atoms with Crippen molar-refractivity contribution in [2.24, 2.45) is 0 Å². The van der Waals surface area contributed by atoms with Gasteiger partial charge in [0.1, 0.15) is 12.6 Å². The number of esters is 1. The van der Waals surface area contributed by atoms with Gasteiger partial charge in [-0.3, -0.25) is 0 Å². The third-order valence-electron chi connectivity index (χ3n) is 8.88. The summed E-state index contributed by atoms with van der Waals surface area (Å²) in [5.74, 6) is -0.515. The van der Waals surface area contributed by atoms with Crippen LogP contribution in [0.15, 0.2) is 54.6 Å². The Morgan fingerprint density at radius 3 is 2.16 bits per heavy atom. The highest BCUT2D eigenvalue weighted by atomic mass is 32.2. The summed E-state index contributed by atoms with van der Waals surface area (Å²) in [6.07, 6.45) is -0.503. The van der Waals surface area contributed by atoms with Crippen molar-refractivity contribution in [1.29, 1.82) is 0 Å². The van der Waals surface area contributed by atoms with Crippen molar-refractivity contribution < 1.29 is 27.5 Å². The molecule has 2 aliphatic rings.